The van der Waals surface area contributed by atoms with Crippen molar-refractivity contribution in [2.45, 2.75) is 37.6 Å². The first-order chi connectivity index (χ1) is 11.2. The first kappa shape index (κ1) is 16.5. The van der Waals surface area contributed by atoms with Crippen molar-refractivity contribution in [3.05, 3.63) is 59.2 Å². The van der Waals surface area contributed by atoms with Crippen molar-refractivity contribution in [1.82, 2.24) is 5.32 Å². The van der Waals surface area contributed by atoms with Crippen LogP contribution in [0.1, 0.15) is 35.3 Å². The number of hydrogen-bond donors (Lipinski definition) is 2. The van der Waals surface area contributed by atoms with Gasteiger partial charge in [0.1, 0.15) is 0 Å². The van der Waals surface area contributed by atoms with Crippen LogP contribution in [-0.2, 0) is 16.4 Å². The summed E-state index contributed by atoms with van der Waals surface area (Å²) < 4.78 is 27.4. The largest absolute Gasteiger partial charge is 0.347 e. The first-order valence-electron chi connectivity index (χ1n) is 7.71. The molecule has 2 N–H and O–H groups in total. The molecule has 0 radical (unpaired) electrons. The number of sulfonamides is 1. The molecule has 5 nitrogen and oxygen atoms in total. The zero-order chi connectivity index (χ0) is 17.5. The summed E-state index contributed by atoms with van der Waals surface area (Å²) in [7, 11) is -3.68. The van der Waals surface area contributed by atoms with Crippen molar-refractivity contribution in [1.29, 1.82) is 0 Å². The Hall–Kier alpha value is -2.34. The van der Waals surface area contributed by atoms with E-state index in [1.807, 2.05) is 26.8 Å². The van der Waals surface area contributed by atoms with Gasteiger partial charge < -0.3 is 5.32 Å². The van der Waals surface area contributed by atoms with Crippen molar-refractivity contribution in [2.75, 3.05) is 4.72 Å². The third-order valence-electron chi connectivity index (χ3n) is 4.02. The van der Waals surface area contributed by atoms with E-state index in [0.29, 0.717) is 17.7 Å². The zero-order valence-electron chi connectivity index (χ0n) is 13.9. The highest BCUT2D eigenvalue weighted by atomic mass is 32.2. The molecule has 2 aromatic rings. The second kappa shape index (κ2) is 5.63. The molecule has 1 aliphatic heterocycles. The lowest BCUT2D eigenvalue weighted by Crippen LogP contribution is -2.49. The minimum atomic E-state index is -3.68. The van der Waals surface area contributed by atoms with Gasteiger partial charge in [0.15, 0.2) is 0 Å². The van der Waals surface area contributed by atoms with Crippen molar-refractivity contribution in [2.24, 2.45) is 0 Å². The summed E-state index contributed by atoms with van der Waals surface area (Å²) in [5, 5.41) is 2.92. The average Bonchev–Trinajstić information content (AvgIpc) is 2.47. The summed E-state index contributed by atoms with van der Waals surface area (Å²) in [6.45, 7) is 5.82. The topological polar surface area (TPSA) is 75.3 Å². The summed E-state index contributed by atoms with van der Waals surface area (Å²) >= 11 is 0. The summed E-state index contributed by atoms with van der Waals surface area (Å²) in [5.74, 6) is -0.183. The lowest BCUT2D eigenvalue weighted by atomic mass is 9.87. The van der Waals surface area contributed by atoms with Crippen LogP contribution in [0.4, 0.5) is 5.69 Å². The Balaban J connectivity index is 1.91. The summed E-state index contributed by atoms with van der Waals surface area (Å²) in [4.78, 5) is 12.4. The molecule has 24 heavy (non-hydrogen) atoms. The van der Waals surface area contributed by atoms with Crippen LogP contribution in [0.25, 0.3) is 0 Å². The minimum Gasteiger partial charge on any atom is -0.347 e. The second-order valence-electron chi connectivity index (χ2n) is 6.81. The maximum atomic E-state index is 12.5. The molecule has 126 valence electrons. The molecule has 6 heteroatoms. The van der Waals surface area contributed by atoms with Crippen molar-refractivity contribution < 1.29 is 13.2 Å². The molecule has 0 aromatic heterocycles. The zero-order valence-corrected chi connectivity index (χ0v) is 14.7. The van der Waals surface area contributed by atoms with Crippen LogP contribution in [0.15, 0.2) is 47.4 Å². The third-order valence-corrected chi connectivity index (χ3v) is 5.42. The van der Waals surface area contributed by atoms with Crippen LogP contribution in [0.2, 0.25) is 0 Å². The minimum absolute atomic E-state index is 0.183. The van der Waals surface area contributed by atoms with E-state index >= 15 is 0 Å². The Kier molecular flexibility index (Phi) is 3.87. The molecular weight excluding hydrogens is 324 g/mol. The first-order valence-corrected chi connectivity index (χ1v) is 9.20. The highest BCUT2D eigenvalue weighted by Gasteiger charge is 2.30. The van der Waals surface area contributed by atoms with Gasteiger partial charge in [-0.05, 0) is 57.0 Å². The van der Waals surface area contributed by atoms with Gasteiger partial charge in [-0.25, -0.2) is 8.42 Å². The molecular formula is C18H20N2O3S. The number of amides is 1. The summed E-state index contributed by atoms with van der Waals surface area (Å²) in [5.41, 5.74) is 2.50. The van der Waals surface area contributed by atoms with E-state index in [4.69, 9.17) is 0 Å². The molecule has 0 aliphatic carbocycles. The number of carbonyl (C=O) groups is 1. The maximum Gasteiger partial charge on any atom is 0.261 e. The van der Waals surface area contributed by atoms with E-state index in [9.17, 15) is 13.2 Å². The summed E-state index contributed by atoms with van der Waals surface area (Å²) in [6.07, 6.45) is 0.707. The van der Waals surface area contributed by atoms with Crippen molar-refractivity contribution in [3.63, 3.8) is 0 Å². The number of aryl methyl sites for hydroxylation is 1. The molecule has 1 amide bonds. The van der Waals surface area contributed by atoms with Gasteiger partial charge in [-0.1, -0.05) is 23.8 Å². The number of nitrogens with one attached hydrogen (secondary N) is 2. The van der Waals surface area contributed by atoms with Crippen LogP contribution in [0, 0.1) is 6.92 Å². The van der Waals surface area contributed by atoms with E-state index in [1.165, 1.54) is 0 Å². The molecule has 0 saturated heterocycles. The van der Waals surface area contributed by atoms with Crippen molar-refractivity contribution >= 4 is 21.6 Å². The Bertz CT molecular complexity index is 900. The molecule has 0 atom stereocenters. The van der Waals surface area contributed by atoms with Crippen LogP contribution in [0.5, 0.6) is 0 Å². The Labute approximate surface area is 142 Å². The number of fused-ring (bicyclic) bond motifs is 1. The predicted octanol–water partition coefficient (Wildman–Crippen LogP) is 2.86. The molecule has 0 fully saturated rings. The fraction of sp³-hybridized carbons (Fsp3) is 0.278. The molecule has 1 heterocycles. The van der Waals surface area contributed by atoms with Gasteiger partial charge in [0.05, 0.1) is 4.90 Å². The number of rotatable bonds is 3. The quantitative estimate of drug-likeness (QED) is 0.899. The molecule has 0 saturated carbocycles. The SMILES string of the molecule is Cc1ccc(S(=O)(=O)Nc2ccc3c(c2)C(=O)NC(C)(C)C3)cc1. The van der Waals surface area contributed by atoms with E-state index in [-0.39, 0.29) is 16.3 Å². The fourth-order valence-electron chi connectivity index (χ4n) is 2.83. The fourth-order valence-corrected chi connectivity index (χ4v) is 3.88. The van der Waals surface area contributed by atoms with E-state index < -0.39 is 10.0 Å². The standard InChI is InChI=1S/C18H20N2O3S/c1-12-4-8-15(9-5-12)24(22,23)20-14-7-6-13-11-18(2,3)19-17(21)16(13)10-14/h4-10,20H,11H2,1-3H3,(H,19,21). The highest BCUT2D eigenvalue weighted by Crippen LogP contribution is 2.26. The lowest BCUT2D eigenvalue weighted by molar-refractivity contribution is 0.0897. The number of benzene rings is 2. The van der Waals surface area contributed by atoms with Gasteiger partial charge in [-0.2, -0.15) is 0 Å². The van der Waals surface area contributed by atoms with Crippen LogP contribution >= 0.6 is 0 Å². The van der Waals surface area contributed by atoms with Gasteiger partial charge in [0.2, 0.25) is 0 Å². The number of hydrogen-bond acceptors (Lipinski definition) is 3. The van der Waals surface area contributed by atoms with Crippen molar-refractivity contribution in [3.8, 4) is 0 Å². The van der Waals surface area contributed by atoms with Gasteiger partial charge in [-0.3, -0.25) is 9.52 Å². The van der Waals surface area contributed by atoms with Gasteiger partial charge >= 0.3 is 0 Å². The Morgan fingerprint density at radius 1 is 1.08 bits per heavy atom. The van der Waals surface area contributed by atoms with E-state index in [0.717, 1.165) is 11.1 Å². The third kappa shape index (κ3) is 3.28. The molecule has 0 spiro atoms. The monoisotopic (exact) mass is 344 g/mol. The predicted molar refractivity (Wildman–Crippen MR) is 93.7 cm³/mol. The summed E-state index contributed by atoms with van der Waals surface area (Å²) in [6, 6.07) is 11.7. The Morgan fingerprint density at radius 2 is 1.75 bits per heavy atom. The van der Waals surface area contributed by atoms with Gasteiger partial charge in [-0.15, -0.1) is 0 Å². The molecule has 3 rings (SSSR count). The smallest absolute Gasteiger partial charge is 0.261 e. The maximum absolute atomic E-state index is 12.5. The van der Waals surface area contributed by atoms with Crippen LogP contribution in [-0.4, -0.2) is 19.9 Å². The molecule has 1 aliphatic rings. The highest BCUT2D eigenvalue weighted by molar-refractivity contribution is 7.92. The average molecular weight is 344 g/mol. The Morgan fingerprint density at radius 3 is 2.42 bits per heavy atom. The number of carbonyl (C=O) groups excluding carboxylic acids is 1. The molecule has 0 bridgehead atoms. The number of anilines is 1. The lowest BCUT2D eigenvalue weighted by Gasteiger charge is -2.32. The van der Waals surface area contributed by atoms with Gasteiger partial charge in [0, 0.05) is 16.8 Å². The van der Waals surface area contributed by atoms with E-state index in [2.05, 4.69) is 10.0 Å². The molecule has 0 unspecified atom stereocenters. The second-order valence-corrected chi connectivity index (χ2v) is 8.49. The van der Waals surface area contributed by atoms with Gasteiger partial charge in [0.25, 0.3) is 15.9 Å². The van der Waals surface area contributed by atoms with Crippen LogP contribution in [0.3, 0.4) is 0 Å². The van der Waals surface area contributed by atoms with E-state index in [1.54, 1.807) is 36.4 Å². The normalized spacial score (nSPS) is 16.2. The molecule has 2 aromatic carbocycles. The van der Waals surface area contributed by atoms with Crippen LogP contribution < -0.4 is 10.0 Å².